The Morgan fingerprint density at radius 3 is 2.10 bits per heavy atom. The molecule has 0 spiro atoms. The first kappa shape index (κ1) is 20.9. The van der Waals surface area contributed by atoms with Crippen molar-refractivity contribution in [1.29, 1.82) is 0 Å². The van der Waals surface area contributed by atoms with Gasteiger partial charge in [-0.3, -0.25) is 4.79 Å². The molecule has 0 aliphatic rings. The van der Waals surface area contributed by atoms with Crippen molar-refractivity contribution in [2.75, 3.05) is 11.9 Å². The largest absolute Gasteiger partial charge is 0.356 e. The molecule has 0 fully saturated rings. The molecule has 0 saturated heterocycles. The summed E-state index contributed by atoms with van der Waals surface area (Å²) in [5.74, 6) is 0.948. The van der Waals surface area contributed by atoms with E-state index in [2.05, 4.69) is 35.1 Å². The van der Waals surface area contributed by atoms with Crippen molar-refractivity contribution >= 4 is 21.8 Å². The van der Waals surface area contributed by atoms with Gasteiger partial charge in [0, 0.05) is 18.3 Å². The van der Waals surface area contributed by atoms with Crippen LogP contribution < -0.4 is 5.32 Å². The number of rotatable bonds is 15. The second-order valence-corrected chi connectivity index (χ2v) is 6.98. The predicted octanol–water partition coefficient (Wildman–Crippen LogP) is 5.83. The van der Waals surface area contributed by atoms with E-state index in [4.69, 9.17) is 0 Å². The molecule has 1 unspecified atom stereocenters. The lowest BCUT2D eigenvalue weighted by atomic mass is 10.1. The molecule has 0 rings (SSSR count). The zero-order chi connectivity index (χ0) is 15.8. The fourth-order valence-corrected chi connectivity index (χ4v) is 2.76. The minimum Gasteiger partial charge on any atom is -0.356 e. The molecule has 1 amide bonds. The summed E-state index contributed by atoms with van der Waals surface area (Å²) in [5.41, 5.74) is 0. The van der Waals surface area contributed by atoms with Gasteiger partial charge in [0.05, 0.1) is 0 Å². The third kappa shape index (κ3) is 16.2. The van der Waals surface area contributed by atoms with E-state index in [1.807, 2.05) is 0 Å². The average Bonchev–Trinajstić information content (AvgIpc) is 2.49. The minimum absolute atomic E-state index is 0.240. The van der Waals surface area contributed by atoms with Crippen molar-refractivity contribution in [2.24, 2.45) is 5.92 Å². The van der Waals surface area contributed by atoms with Gasteiger partial charge in [0.25, 0.3) is 0 Å². The highest BCUT2D eigenvalue weighted by molar-refractivity contribution is 9.09. The Morgan fingerprint density at radius 1 is 0.952 bits per heavy atom. The molecule has 0 heterocycles. The van der Waals surface area contributed by atoms with Crippen molar-refractivity contribution in [3.8, 4) is 0 Å². The molecule has 0 aromatic rings. The highest BCUT2D eigenvalue weighted by Gasteiger charge is 2.02. The number of carbonyl (C=O) groups is 1. The van der Waals surface area contributed by atoms with Gasteiger partial charge in [0.1, 0.15) is 0 Å². The van der Waals surface area contributed by atoms with Crippen LogP contribution in [0.15, 0.2) is 0 Å². The second kappa shape index (κ2) is 16.3. The van der Waals surface area contributed by atoms with Gasteiger partial charge in [-0.15, -0.1) is 0 Å². The van der Waals surface area contributed by atoms with Gasteiger partial charge < -0.3 is 5.32 Å². The first-order valence-corrected chi connectivity index (χ1v) is 10.2. The zero-order valence-corrected chi connectivity index (χ0v) is 15.8. The molecule has 1 atom stereocenters. The minimum atomic E-state index is 0.240. The topological polar surface area (TPSA) is 29.1 Å². The summed E-state index contributed by atoms with van der Waals surface area (Å²) < 4.78 is 0. The Labute approximate surface area is 141 Å². The van der Waals surface area contributed by atoms with Crippen molar-refractivity contribution in [3.63, 3.8) is 0 Å². The molecule has 2 nitrogen and oxygen atoms in total. The molecule has 21 heavy (non-hydrogen) atoms. The number of amides is 1. The normalized spacial score (nSPS) is 12.3. The fourth-order valence-electron chi connectivity index (χ4n) is 2.44. The average molecular weight is 362 g/mol. The van der Waals surface area contributed by atoms with E-state index in [0.717, 1.165) is 24.7 Å². The summed E-state index contributed by atoms with van der Waals surface area (Å²) in [5, 5.41) is 4.09. The molecule has 0 saturated carbocycles. The summed E-state index contributed by atoms with van der Waals surface area (Å²) in [6.07, 6.45) is 14.8. The number of halogens is 1. The highest BCUT2D eigenvalue weighted by Crippen LogP contribution is 2.10. The molecular weight excluding hydrogens is 326 g/mol. The van der Waals surface area contributed by atoms with Crippen LogP contribution in [-0.2, 0) is 4.79 Å². The van der Waals surface area contributed by atoms with Gasteiger partial charge in [0.2, 0.25) is 5.91 Å². The van der Waals surface area contributed by atoms with Gasteiger partial charge in [0.15, 0.2) is 0 Å². The summed E-state index contributed by atoms with van der Waals surface area (Å²) in [7, 11) is 0. The number of hydrogen-bond acceptors (Lipinski definition) is 1. The van der Waals surface area contributed by atoms with Crippen molar-refractivity contribution in [3.05, 3.63) is 0 Å². The lowest BCUT2D eigenvalue weighted by molar-refractivity contribution is -0.121. The molecule has 126 valence electrons. The summed E-state index contributed by atoms with van der Waals surface area (Å²) >= 11 is 3.48. The van der Waals surface area contributed by atoms with Gasteiger partial charge in [-0.05, 0) is 25.2 Å². The van der Waals surface area contributed by atoms with E-state index in [1.54, 1.807) is 0 Å². The van der Waals surface area contributed by atoms with Crippen LogP contribution in [0.2, 0.25) is 0 Å². The Balaban J connectivity index is 3.19. The molecule has 1 N–H and O–H groups in total. The highest BCUT2D eigenvalue weighted by atomic mass is 79.9. The molecule has 0 aliphatic carbocycles. The molecule has 0 radical (unpaired) electrons. The Morgan fingerprint density at radius 2 is 1.52 bits per heavy atom. The van der Waals surface area contributed by atoms with Gasteiger partial charge in [-0.1, -0.05) is 81.1 Å². The van der Waals surface area contributed by atoms with Gasteiger partial charge in [-0.25, -0.2) is 0 Å². The first-order valence-electron chi connectivity index (χ1n) is 9.03. The van der Waals surface area contributed by atoms with Crippen LogP contribution in [0.25, 0.3) is 0 Å². The van der Waals surface area contributed by atoms with Crippen LogP contribution in [0.4, 0.5) is 0 Å². The molecule has 0 aromatic carbocycles. The van der Waals surface area contributed by atoms with E-state index in [9.17, 15) is 4.79 Å². The molecule has 3 heteroatoms. The lowest BCUT2D eigenvalue weighted by Gasteiger charge is -2.08. The molecule has 0 aliphatic heterocycles. The number of carbonyl (C=O) groups excluding carboxylic acids is 1. The fraction of sp³-hybridized carbons (Fsp3) is 0.944. The van der Waals surface area contributed by atoms with Gasteiger partial charge in [-0.2, -0.15) is 0 Å². The maximum Gasteiger partial charge on any atom is 0.219 e. The van der Waals surface area contributed by atoms with Crippen molar-refractivity contribution < 1.29 is 4.79 Å². The summed E-state index contributed by atoms with van der Waals surface area (Å²) in [6, 6.07) is 0. The van der Waals surface area contributed by atoms with Gasteiger partial charge >= 0.3 is 0 Å². The Bertz CT molecular complexity index is 233. The van der Waals surface area contributed by atoms with E-state index < -0.39 is 0 Å². The van der Waals surface area contributed by atoms with Crippen molar-refractivity contribution in [2.45, 2.75) is 90.9 Å². The van der Waals surface area contributed by atoms with E-state index >= 15 is 0 Å². The number of hydrogen-bond donors (Lipinski definition) is 1. The van der Waals surface area contributed by atoms with Crippen LogP contribution in [0.5, 0.6) is 0 Å². The maximum absolute atomic E-state index is 11.6. The summed E-state index contributed by atoms with van der Waals surface area (Å²) in [6.45, 7) is 5.33. The van der Waals surface area contributed by atoms with Crippen LogP contribution >= 0.6 is 15.9 Å². The van der Waals surface area contributed by atoms with Crippen molar-refractivity contribution in [1.82, 2.24) is 5.32 Å². The van der Waals surface area contributed by atoms with E-state index in [-0.39, 0.29) is 5.91 Å². The lowest BCUT2D eigenvalue weighted by Crippen LogP contribution is -2.24. The quantitative estimate of drug-likeness (QED) is 0.288. The standard InChI is InChI=1S/C18H36BrNO/c1-3-4-5-6-7-8-9-10-11-14-18(21)20-15-12-13-17(2)16-19/h17H,3-16H2,1-2H3,(H,20,21). The summed E-state index contributed by atoms with van der Waals surface area (Å²) in [4.78, 5) is 11.6. The Kier molecular flexibility index (Phi) is 16.3. The monoisotopic (exact) mass is 361 g/mol. The maximum atomic E-state index is 11.6. The molecular formula is C18H36BrNO. The second-order valence-electron chi connectivity index (χ2n) is 6.33. The molecule has 0 aromatic heterocycles. The van der Waals surface area contributed by atoms with Crippen LogP contribution in [0, 0.1) is 5.92 Å². The molecule has 0 bridgehead atoms. The van der Waals surface area contributed by atoms with Crippen LogP contribution in [0.1, 0.15) is 90.9 Å². The third-order valence-corrected chi connectivity index (χ3v) is 5.07. The number of unbranched alkanes of at least 4 members (excludes halogenated alkanes) is 8. The third-order valence-electron chi connectivity index (χ3n) is 3.97. The van der Waals surface area contributed by atoms with Crippen LogP contribution in [0.3, 0.4) is 0 Å². The number of nitrogens with one attached hydrogen (secondary N) is 1. The Hall–Kier alpha value is -0.0500. The SMILES string of the molecule is CCCCCCCCCCCC(=O)NCCCC(C)CBr. The van der Waals surface area contributed by atoms with E-state index in [1.165, 1.54) is 57.8 Å². The van der Waals surface area contributed by atoms with E-state index in [0.29, 0.717) is 12.3 Å². The first-order chi connectivity index (χ1) is 10.2. The van der Waals surface area contributed by atoms with Crippen LogP contribution in [-0.4, -0.2) is 17.8 Å². The zero-order valence-electron chi connectivity index (χ0n) is 14.3. The smallest absolute Gasteiger partial charge is 0.219 e. The predicted molar refractivity (Wildman–Crippen MR) is 97.0 cm³/mol. The number of alkyl halides is 1.